The number of carbonyl (C=O) groups is 1. The first kappa shape index (κ1) is 20.3. The van der Waals surface area contributed by atoms with E-state index in [1.807, 2.05) is 0 Å². The highest BCUT2D eigenvalue weighted by molar-refractivity contribution is 6.08. The Morgan fingerprint density at radius 1 is 0.519 bits per heavy atom. The van der Waals surface area contributed by atoms with Gasteiger partial charge in [-0.05, 0) is 0 Å². The van der Waals surface area contributed by atoms with Crippen LogP contribution in [0.25, 0.3) is 5.76 Å². The van der Waals surface area contributed by atoms with Crippen molar-refractivity contribution in [3.8, 4) is 0 Å². The van der Waals surface area contributed by atoms with Crippen molar-refractivity contribution in [2.24, 2.45) is 0 Å². The molecule has 2 aromatic carbocycles. The standard InChI is InChI=1S/C15H2F10O2/c16-6-4(7(17)11(21)14(24)10(6)20)2(26)1-3(27)5-8(18)12(22)15(25)13(23)9(5)19/h1,26H/b2-1+. The van der Waals surface area contributed by atoms with E-state index < -0.39 is 86.9 Å². The molecule has 0 heterocycles. The summed E-state index contributed by atoms with van der Waals surface area (Å²) in [5, 5.41) is 9.43. The van der Waals surface area contributed by atoms with Gasteiger partial charge in [0.25, 0.3) is 0 Å². The molecule has 0 fully saturated rings. The topological polar surface area (TPSA) is 37.3 Å². The van der Waals surface area contributed by atoms with Crippen LogP contribution in [-0.2, 0) is 0 Å². The van der Waals surface area contributed by atoms with E-state index in [0.29, 0.717) is 0 Å². The fourth-order valence-corrected chi connectivity index (χ4v) is 1.92. The van der Waals surface area contributed by atoms with Crippen LogP contribution in [0.3, 0.4) is 0 Å². The average Bonchev–Trinajstić information content (AvgIpc) is 2.61. The number of ketones is 1. The highest BCUT2D eigenvalue weighted by Crippen LogP contribution is 2.29. The second-order valence-corrected chi connectivity index (χ2v) is 4.78. The zero-order valence-electron chi connectivity index (χ0n) is 12.2. The smallest absolute Gasteiger partial charge is 0.200 e. The summed E-state index contributed by atoms with van der Waals surface area (Å²) in [7, 11) is 0. The van der Waals surface area contributed by atoms with Gasteiger partial charge >= 0.3 is 0 Å². The van der Waals surface area contributed by atoms with Crippen molar-refractivity contribution in [2.75, 3.05) is 0 Å². The summed E-state index contributed by atoms with van der Waals surface area (Å²) in [6.45, 7) is 0. The number of hydrogen-bond acceptors (Lipinski definition) is 2. The maximum absolute atomic E-state index is 13.5. The van der Waals surface area contributed by atoms with E-state index in [1.54, 1.807) is 0 Å². The molecule has 0 saturated heterocycles. The lowest BCUT2D eigenvalue weighted by Gasteiger charge is -2.08. The van der Waals surface area contributed by atoms with E-state index in [1.165, 1.54) is 0 Å². The van der Waals surface area contributed by atoms with E-state index in [-0.39, 0.29) is 0 Å². The SMILES string of the molecule is O=C(/C=C(/O)c1c(F)c(F)c(F)c(F)c1F)c1c(F)c(F)c(F)c(F)c1F. The van der Waals surface area contributed by atoms with E-state index in [9.17, 15) is 53.8 Å². The number of aliphatic hydroxyl groups excluding tert-OH is 1. The van der Waals surface area contributed by atoms with Crippen molar-refractivity contribution in [2.45, 2.75) is 0 Å². The Morgan fingerprint density at radius 3 is 1.11 bits per heavy atom. The van der Waals surface area contributed by atoms with Crippen LogP contribution in [0, 0.1) is 58.2 Å². The van der Waals surface area contributed by atoms with E-state index >= 15 is 0 Å². The first-order valence-corrected chi connectivity index (χ1v) is 6.39. The van der Waals surface area contributed by atoms with Gasteiger partial charge in [-0.2, -0.15) is 0 Å². The predicted molar refractivity (Wildman–Crippen MR) is 67.4 cm³/mol. The minimum absolute atomic E-state index is 0.476. The molecule has 0 aliphatic rings. The largest absolute Gasteiger partial charge is 0.507 e. The summed E-state index contributed by atoms with van der Waals surface area (Å²) in [6, 6.07) is 0. The summed E-state index contributed by atoms with van der Waals surface area (Å²) in [5.74, 6) is -30.1. The molecule has 0 aliphatic heterocycles. The van der Waals surface area contributed by atoms with Crippen molar-refractivity contribution in [1.82, 2.24) is 0 Å². The van der Waals surface area contributed by atoms with Gasteiger partial charge < -0.3 is 5.11 Å². The van der Waals surface area contributed by atoms with E-state index in [4.69, 9.17) is 0 Å². The highest BCUT2D eigenvalue weighted by atomic mass is 19.2. The van der Waals surface area contributed by atoms with Crippen LogP contribution in [0.1, 0.15) is 15.9 Å². The van der Waals surface area contributed by atoms with Crippen molar-refractivity contribution < 1.29 is 53.8 Å². The second kappa shape index (κ2) is 6.93. The maximum Gasteiger partial charge on any atom is 0.200 e. The maximum atomic E-state index is 13.5. The minimum atomic E-state index is -2.62. The van der Waals surface area contributed by atoms with Gasteiger partial charge in [0.1, 0.15) is 5.76 Å². The fourth-order valence-electron chi connectivity index (χ4n) is 1.92. The third kappa shape index (κ3) is 3.11. The Hall–Kier alpha value is -3.05. The summed E-state index contributed by atoms with van der Waals surface area (Å²) in [4.78, 5) is 11.7. The predicted octanol–water partition coefficient (Wildman–Crippen LogP) is 4.86. The van der Waals surface area contributed by atoms with Crippen LogP contribution in [0.15, 0.2) is 6.08 Å². The minimum Gasteiger partial charge on any atom is -0.507 e. The molecule has 1 N–H and O–H groups in total. The van der Waals surface area contributed by atoms with Crippen molar-refractivity contribution in [3.05, 3.63) is 75.4 Å². The summed E-state index contributed by atoms with van der Waals surface area (Å²) in [6.07, 6.45) is -0.476. The van der Waals surface area contributed by atoms with Gasteiger partial charge in [0, 0.05) is 6.08 Å². The monoisotopic (exact) mass is 404 g/mol. The number of aliphatic hydroxyl groups is 1. The normalized spacial score (nSPS) is 11.9. The van der Waals surface area contributed by atoms with Gasteiger partial charge in [0.15, 0.2) is 52.3 Å². The van der Waals surface area contributed by atoms with Crippen LogP contribution in [0.5, 0.6) is 0 Å². The Kier molecular flexibility index (Phi) is 5.20. The molecule has 2 nitrogen and oxygen atoms in total. The van der Waals surface area contributed by atoms with E-state index in [0.717, 1.165) is 0 Å². The van der Waals surface area contributed by atoms with Crippen LogP contribution in [0.4, 0.5) is 43.9 Å². The van der Waals surface area contributed by atoms with Crippen LogP contribution >= 0.6 is 0 Å². The molecule has 0 saturated carbocycles. The molecule has 12 heteroatoms. The summed E-state index contributed by atoms with van der Waals surface area (Å²) in [5.41, 5.74) is -4.18. The Balaban J connectivity index is 2.68. The lowest BCUT2D eigenvalue weighted by Crippen LogP contribution is -2.12. The number of benzene rings is 2. The number of hydrogen-bond donors (Lipinski definition) is 1. The molecular formula is C15H2F10O2. The molecule has 2 aromatic rings. The first-order valence-electron chi connectivity index (χ1n) is 6.39. The van der Waals surface area contributed by atoms with Crippen molar-refractivity contribution >= 4 is 11.5 Å². The Bertz CT molecular complexity index is 955. The number of halogens is 10. The van der Waals surface area contributed by atoms with Gasteiger partial charge in [-0.25, -0.2) is 43.9 Å². The molecule has 0 unspecified atom stereocenters. The second-order valence-electron chi connectivity index (χ2n) is 4.78. The Labute approximate surface area is 142 Å². The Morgan fingerprint density at radius 2 is 0.778 bits per heavy atom. The molecule has 0 aliphatic carbocycles. The molecule has 0 amide bonds. The number of allylic oxidation sites excluding steroid dienone is 1. The fraction of sp³-hybridized carbons (Fsp3) is 0. The molecule has 2 rings (SSSR count). The van der Waals surface area contributed by atoms with Gasteiger partial charge in [0.2, 0.25) is 11.6 Å². The summed E-state index contributed by atoms with van der Waals surface area (Å²) < 4.78 is 132. The van der Waals surface area contributed by atoms with Crippen LogP contribution in [0.2, 0.25) is 0 Å². The van der Waals surface area contributed by atoms with Crippen molar-refractivity contribution in [3.63, 3.8) is 0 Å². The molecule has 0 spiro atoms. The van der Waals surface area contributed by atoms with Crippen molar-refractivity contribution in [1.29, 1.82) is 0 Å². The lowest BCUT2D eigenvalue weighted by molar-refractivity contribution is 0.103. The van der Waals surface area contributed by atoms with Gasteiger partial charge in [0.05, 0.1) is 11.1 Å². The zero-order valence-corrected chi connectivity index (χ0v) is 12.2. The lowest BCUT2D eigenvalue weighted by atomic mass is 10.0. The van der Waals surface area contributed by atoms with Gasteiger partial charge in [-0.15, -0.1) is 0 Å². The zero-order chi connectivity index (χ0) is 20.8. The molecule has 0 atom stereocenters. The van der Waals surface area contributed by atoms with Crippen LogP contribution < -0.4 is 0 Å². The van der Waals surface area contributed by atoms with Gasteiger partial charge in [-0.1, -0.05) is 0 Å². The summed E-state index contributed by atoms with van der Waals surface area (Å²) >= 11 is 0. The number of rotatable bonds is 3. The molecule has 0 radical (unpaired) electrons. The number of carbonyl (C=O) groups excluding carboxylic acids is 1. The highest BCUT2D eigenvalue weighted by Gasteiger charge is 2.31. The average molecular weight is 404 g/mol. The molecule has 27 heavy (non-hydrogen) atoms. The molecular weight excluding hydrogens is 402 g/mol. The molecule has 0 bridgehead atoms. The van der Waals surface area contributed by atoms with Crippen LogP contribution in [-0.4, -0.2) is 10.9 Å². The van der Waals surface area contributed by atoms with E-state index in [2.05, 4.69) is 0 Å². The third-order valence-corrected chi connectivity index (χ3v) is 3.19. The van der Waals surface area contributed by atoms with Gasteiger partial charge in [-0.3, -0.25) is 4.79 Å². The molecule has 144 valence electrons. The first-order chi connectivity index (χ1) is 12.4. The molecule has 0 aromatic heterocycles. The third-order valence-electron chi connectivity index (χ3n) is 3.19. The quantitative estimate of drug-likeness (QED) is 0.198.